The zero-order valence-electron chi connectivity index (χ0n) is 15.4. The minimum Gasteiger partial charge on any atom is -0.406 e. The summed E-state index contributed by atoms with van der Waals surface area (Å²) in [6.07, 6.45) is -3.29. The molecule has 0 aliphatic carbocycles. The van der Waals surface area contributed by atoms with Gasteiger partial charge in [0.05, 0.1) is 5.92 Å². The van der Waals surface area contributed by atoms with Crippen LogP contribution in [0.4, 0.5) is 23.7 Å². The van der Waals surface area contributed by atoms with E-state index >= 15 is 0 Å². The zero-order chi connectivity index (χ0) is 20.0. The van der Waals surface area contributed by atoms with Gasteiger partial charge in [0.25, 0.3) is 0 Å². The summed E-state index contributed by atoms with van der Waals surface area (Å²) < 4.78 is 40.3. The molecule has 0 bridgehead atoms. The molecule has 0 radical (unpaired) electrons. The molecule has 0 aromatic heterocycles. The SMILES string of the molecule is CCN(CC)C(=O)C1CCCN(C(=O)Nc2ccc(OC(F)(F)F)cc2)C1. The van der Waals surface area contributed by atoms with Gasteiger partial charge in [0.2, 0.25) is 5.91 Å². The van der Waals surface area contributed by atoms with E-state index in [4.69, 9.17) is 0 Å². The van der Waals surface area contributed by atoms with E-state index in [9.17, 15) is 22.8 Å². The van der Waals surface area contributed by atoms with E-state index in [1.165, 1.54) is 12.1 Å². The van der Waals surface area contributed by atoms with Crippen LogP contribution in [0.3, 0.4) is 0 Å². The lowest BCUT2D eigenvalue weighted by atomic mass is 9.96. The third kappa shape index (κ3) is 6.04. The van der Waals surface area contributed by atoms with Crippen molar-refractivity contribution in [3.05, 3.63) is 24.3 Å². The van der Waals surface area contributed by atoms with Gasteiger partial charge in [-0.1, -0.05) is 0 Å². The number of nitrogens with zero attached hydrogens (tertiary/aromatic N) is 2. The number of alkyl halides is 3. The average molecular weight is 387 g/mol. The summed E-state index contributed by atoms with van der Waals surface area (Å²) in [6, 6.07) is 4.55. The molecule has 1 aliphatic rings. The van der Waals surface area contributed by atoms with Gasteiger partial charge in [-0.3, -0.25) is 4.79 Å². The summed E-state index contributed by atoms with van der Waals surface area (Å²) in [5.41, 5.74) is 0.353. The lowest BCUT2D eigenvalue weighted by Gasteiger charge is -2.34. The Kier molecular flexibility index (Phi) is 6.92. The molecule has 150 valence electrons. The van der Waals surface area contributed by atoms with Gasteiger partial charge in [0.15, 0.2) is 0 Å². The maximum atomic E-state index is 12.5. The van der Waals surface area contributed by atoms with Crippen LogP contribution in [0, 0.1) is 5.92 Å². The molecule has 1 aliphatic heterocycles. The van der Waals surface area contributed by atoms with Crippen LogP contribution in [0.25, 0.3) is 0 Å². The number of anilines is 1. The first-order valence-electron chi connectivity index (χ1n) is 8.94. The van der Waals surface area contributed by atoms with E-state index in [1.807, 2.05) is 13.8 Å². The third-order valence-corrected chi connectivity index (χ3v) is 4.47. The molecular weight excluding hydrogens is 363 g/mol. The molecule has 1 saturated heterocycles. The molecule has 1 unspecified atom stereocenters. The van der Waals surface area contributed by atoms with Crippen LogP contribution in [0.5, 0.6) is 5.75 Å². The molecule has 0 spiro atoms. The van der Waals surface area contributed by atoms with Gasteiger partial charge in [-0.2, -0.15) is 0 Å². The van der Waals surface area contributed by atoms with Crippen LogP contribution >= 0.6 is 0 Å². The second kappa shape index (κ2) is 8.96. The molecule has 2 rings (SSSR count). The summed E-state index contributed by atoms with van der Waals surface area (Å²) in [6.45, 7) is 5.95. The fourth-order valence-electron chi connectivity index (χ4n) is 3.10. The Hall–Kier alpha value is -2.45. The van der Waals surface area contributed by atoms with Crippen LogP contribution in [0.2, 0.25) is 0 Å². The van der Waals surface area contributed by atoms with Crippen molar-refractivity contribution in [1.29, 1.82) is 0 Å². The van der Waals surface area contributed by atoms with Crippen molar-refractivity contribution in [1.82, 2.24) is 9.80 Å². The third-order valence-electron chi connectivity index (χ3n) is 4.47. The molecule has 1 N–H and O–H groups in total. The second-order valence-corrected chi connectivity index (χ2v) is 6.30. The number of rotatable bonds is 5. The van der Waals surface area contributed by atoms with E-state index < -0.39 is 6.36 Å². The van der Waals surface area contributed by atoms with Crippen LogP contribution in [0.15, 0.2) is 24.3 Å². The van der Waals surface area contributed by atoms with Gasteiger partial charge in [0.1, 0.15) is 5.75 Å². The second-order valence-electron chi connectivity index (χ2n) is 6.30. The number of carbonyl (C=O) groups excluding carboxylic acids is 2. The van der Waals surface area contributed by atoms with Crippen molar-refractivity contribution in [2.24, 2.45) is 5.92 Å². The van der Waals surface area contributed by atoms with Gasteiger partial charge in [-0.05, 0) is 51.0 Å². The number of piperidine rings is 1. The Morgan fingerprint density at radius 2 is 1.85 bits per heavy atom. The van der Waals surface area contributed by atoms with E-state index in [0.717, 1.165) is 25.0 Å². The van der Waals surface area contributed by atoms with E-state index in [-0.39, 0.29) is 23.6 Å². The van der Waals surface area contributed by atoms with Gasteiger partial charge in [-0.25, -0.2) is 4.79 Å². The smallest absolute Gasteiger partial charge is 0.406 e. The minimum absolute atomic E-state index is 0.0474. The number of hydrogen-bond acceptors (Lipinski definition) is 3. The molecule has 1 heterocycles. The molecule has 1 aromatic carbocycles. The van der Waals surface area contributed by atoms with Crippen LogP contribution in [-0.2, 0) is 4.79 Å². The van der Waals surface area contributed by atoms with E-state index in [0.29, 0.717) is 31.9 Å². The first-order chi connectivity index (χ1) is 12.7. The Morgan fingerprint density at radius 3 is 2.41 bits per heavy atom. The summed E-state index contributed by atoms with van der Waals surface area (Å²) in [7, 11) is 0. The molecule has 1 atom stereocenters. The highest BCUT2D eigenvalue weighted by Crippen LogP contribution is 2.24. The minimum atomic E-state index is -4.76. The van der Waals surface area contributed by atoms with Crippen LogP contribution in [0.1, 0.15) is 26.7 Å². The van der Waals surface area contributed by atoms with Crippen LogP contribution < -0.4 is 10.1 Å². The van der Waals surface area contributed by atoms with Gasteiger partial charge in [0, 0.05) is 31.9 Å². The highest BCUT2D eigenvalue weighted by atomic mass is 19.4. The fraction of sp³-hybridized carbons (Fsp3) is 0.556. The number of benzene rings is 1. The standard InChI is InChI=1S/C18H24F3N3O3/c1-3-23(4-2)16(25)13-6-5-11-24(12-13)17(26)22-14-7-9-15(10-8-14)27-18(19,20)21/h7-10,13H,3-6,11-12H2,1-2H3,(H,22,26). The highest BCUT2D eigenvalue weighted by Gasteiger charge is 2.32. The van der Waals surface area contributed by atoms with Crippen molar-refractivity contribution >= 4 is 17.6 Å². The summed E-state index contributed by atoms with van der Waals surface area (Å²) in [5, 5.41) is 2.64. The Bertz CT molecular complexity index is 645. The number of hydrogen-bond donors (Lipinski definition) is 1. The quantitative estimate of drug-likeness (QED) is 0.838. The largest absolute Gasteiger partial charge is 0.573 e. The molecular formula is C18H24F3N3O3. The Labute approximate surface area is 156 Å². The lowest BCUT2D eigenvalue weighted by molar-refractivity contribution is -0.274. The van der Waals surface area contributed by atoms with E-state index in [1.54, 1.807) is 9.80 Å². The first kappa shape index (κ1) is 20.9. The van der Waals surface area contributed by atoms with Crippen molar-refractivity contribution in [2.45, 2.75) is 33.1 Å². The lowest BCUT2D eigenvalue weighted by Crippen LogP contribution is -2.47. The Balaban J connectivity index is 1.94. The number of likely N-dealkylation sites (tertiary alicyclic amines) is 1. The normalized spacial score (nSPS) is 17.4. The monoisotopic (exact) mass is 387 g/mol. The van der Waals surface area contributed by atoms with Crippen molar-refractivity contribution < 1.29 is 27.5 Å². The highest BCUT2D eigenvalue weighted by molar-refractivity contribution is 5.90. The van der Waals surface area contributed by atoms with Gasteiger partial charge in [-0.15, -0.1) is 13.2 Å². The predicted octanol–water partition coefficient (Wildman–Crippen LogP) is 3.70. The average Bonchev–Trinajstić information content (AvgIpc) is 2.63. The van der Waals surface area contributed by atoms with Gasteiger partial charge < -0.3 is 19.9 Å². The van der Waals surface area contributed by atoms with Crippen molar-refractivity contribution in [3.8, 4) is 5.75 Å². The topological polar surface area (TPSA) is 61.9 Å². The molecule has 0 saturated carbocycles. The summed E-state index contributed by atoms with van der Waals surface area (Å²) >= 11 is 0. The number of halogens is 3. The van der Waals surface area contributed by atoms with E-state index in [2.05, 4.69) is 10.1 Å². The number of ether oxygens (including phenoxy) is 1. The Morgan fingerprint density at radius 1 is 1.22 bits per heavy atom. The molecule has 27 heavy (non-hydrogen) atoms. The van der Waals surface area contributed by atoms with Crippen molar-refractivity contribution in [2.75, 3.05) is 31.5 Å². The maximum absolute atomic E-state index is 12.5. The molecule has 1 fully saturated rings. The number of carbonyl (C=O) groups is 2. The fourth-order valence-corrected chi connectivity index (χ4v) is 3.10. The molecule has 6 nitrogen and oxygen atoms in total. The molecule has 9 heteroatoms. The number of amides is 3. The summed E-state index contributed by atoms with van der Waals surface area (Å²) in [4.78, 5) is 28.3. The zero-order valence-corrected chi connectivity index (χ0v) is 15.4. The summed E-state index contributed by atoms with van der Waals surface area (Å²) in [5.74, 6) is -0.540. The maximum Gasteiger partial charge on any atom is 0.573 e. The number of urea groups is 1. The first-order valence-corrected chi connectivity index (χ1v) is 8.94. The molecule has 3 amide bonds. The number of nitrogens with one attached hydrogen (secondary N) is 1. The van der Waals surface area contributed by atoms with Gasteiger partial charge >= 0.3 is 12.4 Å². The molecule has 1 aromatic rings. The van der Waals surface area contributed by atoms with Crippen molar-refractivity contribution in [3.63, 3.8) is 0 Å². The predicted molar refractivity (Wildman–Crippen MR) is 94.4 cm³/mol. The van der Waals surface area contributed by atoms with Crippen LogP contribution in [-0.4, -0.2) is 54.3 Å².